The molecule has 0 saturated heterocycles. The highest BCUT2D eigenvalue weighted by atomic mass is 79.9. The van der Waals surface area contributed by atoms with E-state index in [1.165, 1.54) is 5.56 Å². The third kappa shape index (κ3) is 4.10. The third-order valence-corrected chi connectivity index (χ3v) is 2.91. The fourth-order valence-corrected chi connectivity index (χ4v) is 2.02. The molecular weight excluding hydrogens is 310 g/mol. The van der Waals surface area contributed by atoms with Gasteiger partial charge in [-0.2, -0.15) is 0 Å². The second-order valence-corrected chi connectivity index (χ2v) is 4.62. The summed E-state index contributed by atoms with van der Waals surface area (Å²) in [5.41, 5.74) is 3.16. The Labute approximate surface area is 122 Å². The van der Waals surface area contributed by atoms with Gasteiger partial charge in [-0.25, -0.2) is 0 Å². The molecule has 0 aromatic heterocycles. The number of halogens is 2. The van der Waals surface area contributed by atoms with E-state index in [-0.39, 0.29) is 12.4 Å². The monoisotopic (exact) mass is 321 g/mol. The molecule has 0 aliphatic carbocycles. The fourth-order valence-electron chi connectivity index (χ4n) is 1.57. The molecule has 0 aliphatic rings. The Bertz CT molecular complexity index is 560. The van der Waals surface area contributed by atoms with Gasteiger partial charge >= 0.3 is 0 Å². The Morgan fingerprint density at radius 1 is 1.11 bits per heavy atom. The van der Waals surface area contributed by atoms with Crippen LogP contribution in [0.1, 0.15) is 11.1 Å². The SMILES string of the molecule is C#Cc1cccc(NCc2cccc(Br)c2)c1.Cl. The van der Waals surface area contributed by atoms with Gasteiger partial charge in [0.15, 0.2) is 0 Å². The predicted octanol–water partition coefficient (Wildman–Crippen LogP) is 4.46. The van der Waals surface area contributed by atoms with Crippen LogP contribution in [0.4, 0.5) is 5.69 Å². The Hall–Kier alpha value is -1.43. The Kier molecular flexibility index (Phi) is 5.77. The molecule has 0 heterocycles. The predicted molar refractivity (Wildman–Crippen MR) is 83.1 cm³/mol. The number of anilines is 1. The summed E-state index contributed by atoms with van der Waals surface area (Å²) in [5, 5.41) is 3.35. The molecule has 18 heavy (non-hydrogen) atoms. The molecule has 2 aromatic carbocycles. The summed E-state index contributed by atoms with van der Waals surface area (Å²) in [6.45, 7) is 0.785. The molecule has 1 N–H and O–H groups in total. The van der Waals surface area contributed by atoms with Gasteiger partial charge in [0.05, 0.1) is 0 Å². The van der Waals surface area contributed by atoms with Gasteiger partial charge in [0.1, 0.15) is 0 Å². The first-order valence-electron chi connectivity index (χ1n) is 5.33. The average molecular weight is 323 g/mol. The first-order valence-corrected chi connectivity index (χ1v) is 6.12. The minimum atomic E-state index is 0. The van der Waals surface area contributed by atoms with Crippen LogP contribution in [0.25, 0.3) is 0 Å². The maximum absolute atomic E-state index is 5.36. The van der Waals surface area contributed by atoms with Crippen LogP contribution in [0.5, 0.6) is 0 Å². The quantitative estimate of drug-likeness (QED) is 0.822. The van der Waals surface area contributed by atoms with Crippen molar-refractivity contribution >= 4 is 34.0 Å². The highest BCUT2D eigenvalue weighted by molar-refractivity contribution is 9.10. The first-order chi connectivity index (χ1) is 8.28. The molecule has 92 valence electrons. The van der Waals surface area contributed by atoms with Crippen molar-refractivity contribution in [2.24, 2.45) is 0 Å². The molecule has 0 bridgehead atoms. The normalized spacial score (nSPS) is 9.11. The van der Waals surface area contributed by atoms with Crippen LogP contribution in [0.15, 0.2) is 53.0 Å². The number of benzene rings is 2. The zero-order valence-corrected chi connectivity index (χ0v) is 12.1. The van der Waals surface area contributed by atoms with Gasteiger partial charge in [0.25, 0.3) is 0 Å². The summed E-state index contributed by atoms with van der Waals surface area (Å²) >= 11 is 3.46. The van der Waals surface area contributed by atoms with E-state index >= 15 is 0 Å². The van der Waals surface area contributed by atoms with E-state index in [1.54, 1.807) is 0 Å². The number of nitrogens with one attached hydrogen (secondary N) is 1. The minimum absolute atomic E-state index is 0. The molecular formula is C15H13BrClN. The standard InChI is InChI=1S/C15H12BrN.ClH/c1-2-12-5-4-8-15(10-12)17-11-13-6-3-7-14(16)9-13;/h1,3-10,17H,11H2;1H. The number of hydrogen-bond acceptors (Lipinski definition) is 1. The third-order valence-electron chi connectivity index (χ3n) is 2.41. The van der Waals surface area contributed by atoms with Crippen LogP contribution >= 0.6 is 28.3 Å². The lowest BCUT2D eigenvalue weighted by Gasteiger charge is -2.07. The summed E-state index contributed by atoms with van der Waals surface area (Å²) in [4.78, 5) is 0. The average Bonchev–Trinajstić information content (AvgIpc) is 2.37. The van der Waals surface area contributed by atoms with E-state index < -0.39 is 0 Å². The fraction of sp³-hybridized carbons (Fsp3) is 0.0667. The van der Waals surface area contributed by atoms with Crippen molar-refractivity contribution in [2.75, 3.05) is 5.32 Å². The van der Waals surface area contributed by atoms with Crippen molar-refractivity contribution in [3.05, 3.63) is 64.1 Å². The van der Waals surface area contributed by atoms with Gasteiger partial charge in [0, 0.05) is 22.3 Å². The molecule has 2 rings (SSSR count). The van der Waals surface area contributed by atoms with Crippen LogP contribution in [-0.2, 0) is 6.54 Å². The molecule has 0 unspecified atom stereocenters. The minimum Gasteiger partial charge on any atom is -0.381 e. The molecule has 2 aromatic rings. The first kappa shape index (κ1) is 14.6. The van der Waals surface area contributed by atoms with Crippen LogP contribution in [0, 0.1) is 12.3 Å². The van der Waals surface area contributed by atoms with E-state index in [1.807, 2.05) is 36.4 Å². The van der Waals surface area contributed by atoms with Gasteiger partial charge in [-0.05, 0) is 35.9 Å². The van der Waals surface area contributed by atoms with E-state index in [9.17, 15) is 0 Å². The largest absolute Gasteiger partial charge is 0.381 e. The Morgan fingerprint density at radius 3 is 2.61 bits per heavy atom. The number of rotatable bonds is 3. The van der Waals surface area contributed by atoms with E-state index in [2.05, 4.69) is 39.3 Å². The summed E-state index contributed by atoms with van der Waals surface area (Å²) in [7, 11) is 0. The van der Waals surface area contributed by atoms with Crippen molar-refractivity contribution in [3.63, 3.8) is 0 Å². The van der Waals surface area contributed by atoms with E-state index in [0.717, 1.165) is 22.3 Å². The molecule has 0 atom stereocenters. The van der Waals surface area contributed by atoms with Crippen LogP contribution < -0.4 is 5.32 Å². The van der Waals surface area contributed by atoms with Crippen LogP contribution in [0.2, 0.25) is 0 Å². The molecule has 0 aliphatic heterocycles. The Balaban J connectivity index is 0.00000162. The maximum Gasteiger partial charge on any atom is 0.0401 e. The van der Waals surface area contributed by atoms with Gasteiger partial charge in [-0.1, -0.05) is 40.0 Å². The smallest absolute Gasteiger partial charge is 0.0401 e. The number of terminal acetylenes is 1. The van der Waals surface area contributed by atoms with Crippen molar-refractivity contribution in [2.45, 2.75) is 6.54 Å². The summed E-state index contributed by atoms with van der Waals surface area (Å²) in [6.07, 6.45) is 5.36. The lowest BCUT2D eigenvalue weighted by Crippen LogP contribution is -1.99. The maximum atomic E-state index is 5.36. The molecule has 0 saturated carbocycles. The molecule has 0 fully saturated rings. The van der Waals surface area contributed by atoms with Crippen LogP contribution in [-0.4, -0.2) is 0 Å². The summed E-state index contributed by atoms with van der Waals surface area (Å²) < 4.78 is 1.09. The van der Waals surface area contributed by atoms with Crippen molar-refractivity contribution in [1.29, 1.82) is 0 Å². The van der Waals surface area contributed by atoms with Crippen LogP contribution in [0.3, 0.4) is 0 Å². The second-order valence-electron chi connectivity index (χ2n) is 3.71. The highest BCUT2D eigenvalue weighted by Crippen LogP contribution is 2.14. The summed E-state index contributed by atoms with van der Waals surface area (Å²) in [6, 6.07) is 16.1. The summed E-state index contributed by atoms with van der Waals surface area (Å²) in [5.74, 6) is 2.63. The highest BCUT2D eigenvalue weighted by Gasteiger charge is 1.96. The molecule has 3 heteroatoms. The Morgan fingerprint density at radius 2 is 1.89 bits per heavy atom. The zero-order chi connectivity index (χ0) is 12.1. The number of hydrogen-bond donors (Lipinski definition) is 1. The zero-order valence-electron chi connectivity index (χ0n) is 9.69. The van der Waals surface area contributed by atoms with E-state index in [0.29, 0.717) is 0 Å². The van der Waals surface area contributed by atoms with Gasteiger partial charge < -0.3 is 5.32 Å². The lowest BCUT2D eigenvalue weighted by molar-refractivity contribution is 1.15. The van der Waals surface area contributed by atoms with E-state index in [4.69, 9.17) is 6.42 Å². The topological polar surface area (TPSA) is 12.0 Å². The van der Waals surface area contributed by atoms with Gasteiger partial charge in [-0.15, -0.1) is 18.8 Å². The molecule has 0 radical (unpaired) electrons. The second kappa shape index (κ2) is 7.10. The lowest BCUT2D eigenvalue weighted by atomic mass is 10.2. The van der Waals surface area contributed by atoms with Gasteiger partial charge in [0.2, 0.25) is 0 Å². The van der Waals surface area contributed by atoms with Crippen molar-refractivity contribution < 1.29 is 0 Å². The molecule has 0 amide bonds. The molecule has 0 spiro atoms. The van der Waals surface area contributed by atoms with Crippen molar-refractivity contribution in [3.8, 4) is 12.3 Å². The molecule has 1 nitrogen and oxygen atoms in total. The van der Waals surface area contributed by atoms with Crippen molar-refractivity contribution in [1.82, 2.24) is 0 Å². The van der Waals surface area contributed by atoms with Gasteiger partial charge in [-0.3, -0.25) is 0 Å².